The van der Waals surface area contributed by atoms with E-state index in [2.05, 4.69) is 12.3 Å². The van der Waals surface area contributed by atoms with Crippen molar-refractivity contribution in [2.45, 2.75) is 0 Å². The van der Waals surface area contributed by atoms with Crippen molar-refractivity contribution in [2.75, 3.05) is 0 Å². The number of quaternary nitrogens is 1. The smallest absolute Gasteiger partial charge is 0.327 e. The molecule has 0 aromatic heterocycles. The molecule has 0 aliphatic rings. The van der Waals surface area contributed by atoms with E-state index in [1.54, 1.807) is 6.07 Å². The standard InChI is InChI=1S/C3H4N2.C3H4O2/c4-2-1-3-5;1-2-3(4)5/h1-2H,4H2;2H,1H2,(H,4,5)/p+1/b2-1+;. The van der Waals surface area contributed by atoms with Crippen molar-refractivity contribution in [3.8, 4) is 6.07 Å². The van der Waals surface area contributed by atoms with Gasteiger partial charge < -0.3 is 10.8 Å². The lowest BCUT2D eigenvalue weighted by Crippen LogP contribution is -2.38. The first kappa shape index (κ1) is 11.2. The van der Waals surface area contributed by atoms with Gasteiger partial charge in [0.25, 0.3) is 0 Å². The number of allylic oxidation sites excluding steroid dienone is 1. The van der Waals surface area contributed by atoms with E-state index in [1.165, 1.54) is 12.3 Å². The highest BCUT2D eigenvalue weighted by molar-refractivity contribution is 5.78. The highest BCUT2D eigenvalue weighted by atomic mass is 16.4. The van der Waals surface area contributed by atoms with E-state index in [0.29, 0.717) is 0 Å². The van der Waals surface area contributed by atoms with Crippen molar-refractivity contribution in [1.29, 1.82) is 5.26 Å². The molecular weight excluding hydrogens is 132 g/mol. The Hall–Kier alpha value is -1.60. The van der Waals surface area contributed by atoms with Gasteiger partial charge in [-0.05, 0) is 0 Å². The Labute approximate surface area is 58.9 Å². The summed E-state index contributed by atoms with van der Waals surface area (Å²) < 4.78 is 0. The Kier molecular flexibility index (Phi) is 11.7. The van der Waals surface area contributed by atoms with Crippen LogP contribution in [0.1, 0.15) is 0 Å². The zero-order chi connectivity index (χ0) is 8.41. The van der Waals surface area contributed by atoms with Crippen LogP contribution >= 0.6 is 0 Å². The molecule has 54 valence electrons. The SMILES string of the molecule is C=CC(=O)O.N#C/C=C/[NH3+]. The molecule has 0 aromatic carbocycles. The second kappa shape index (κ2) is 10.4. The van der Waals surface area contributed by atoms with Crippen LogP contribution in [0.2, 0.25) is 0 Å². The first-order valence-corrected chi connectivity index (χ1v) is 2.38. The molecule has 0 rings (SSSR count). The Balaban J connectivity index is 0. The molecule has 0 aliphatic carbocycles. The average Bonchev–Trinajstić information content (AvgIpc) is 1.91. The molecule has 0 amide bonds. The minimum absolute atomic E-state index is 0.833. The first-order valence-electron chi connectivity index (χ1n) is 2.38. The van der Waals surface area contributed by atoms with Gasteiger partial charge in [0.15, 0.2) is 0 Å². The van der Waals surface area contributed by atoms with Gasteiger partial charge in [-0.1, -0.05) is 6.58 Å². The molecule has 4 heteroatoms. The Morgan fingerprint density at radius 2 is 2.20 bits per heavy atom. The fourth-order valence-electron chi connectivity index (χ4n) is 0.0527. The van der Waals surface area contributed by atoms with Gasteiger partial charge in [0.05, 0.1) is 12.1 Å². The summed E-state index contributed by atoms with van der Waals surface area (Å²) in [6, 6.07) is 1.77. The van der Waals surface area contributed by atoms with Crippen molar-refractivity contribution in [3.63, 3.8) is 0 Å². The predicted molar refractivity (Wildman–Crippen MR) is 35.5 cm³/mol. The largest absolute Gasteiger partial charge is 0.478 e. The van der Waals surface area contributed by atoms with Gasteiger partial charge in [-0.25, -0.2) is 4.79 Å². The maximum Gasteiger partial charge on any atom is 0.327 e. The molecule has 0 spiro atoms. The molecule has 0 saturated heterocycles. The summed E-state index contributed by atoms with van der Waals surface area (Å²) in [6.07, 6.45) is 3.60. The lowest BCUT2D eigenvalue weighted by atomic mass is 10.7. The zero-order valence-corrected chi connectivity index (χ0v) is 5.45. The maximum absolute atomic E-state index is 9.25. The quantitative estimate of drug-likeness (QED) is 0.382. The maximum atomic E-state index is 9.25. The fraction of sp³-hybridized carbons (Fsp3) is 0. The molecule has 10 heavy (non-hydrogen) atoms. The molecule has 0 aromatic rings. The second-order valence-electron chi connectivity index (χ2n) is 1.07. The van der Waals surface area contributed by atoms with Gasteiger partial charge in [0.2, 0.25) is 0 Å². The monoisotopic (exact) mass is 141 g/mol. The summed E-state index contributed by atoms with van der Waals surface area (Å²) in [6.45, 7) is 2.96. The van der Waals surface area contributed by atoms with Crippen molar-refractivity contribution < 1.29 is 15.6 Å². The summed E-state index contributed by atoms with van der Waals surface area (Å²) in [5.74, 6) is -0.981. The molecule has 0 saturated carbocycles. The van der Waals surface area contributed by atoms with Crippen molar-refractivity contribution in [2.24, 2.45) is 0 Å². The normalized spacial score (nSPS) is 7.20. The first-order chi connectivity index (χ1) is 4.68. The Morgan fingerprint density at radius 3 is 2.20 bits per heavy atom. The number of nitrogens with zero attached hydrogens (tertiary/aromatic N) is 1. The van der Waals surface area contributed by atoms with Crippen molar-refractivity contribution >= 4 is 5.97 Å². The van der Waals surface area contributed by atoms with Gasteiger partial charge in [-0.2, -0.15) is 5.26 Å². The van der Waals surface area contributed by atoms with Gasteiger partial charge in [-0.3, -0.25) is 0 Å². The van der Waals surface area contributed by atoms with Crippen molar-refractivity contribution in [3.05, 3.63) is 24.9 Å². The van der Waals surface area contributed by atoms with E-state index in [9.17, 15) is 4.79 Å². The molecular formula is C6H9N2O2+. The molecule has 0 fully saturated rings. The second-order valence-corrected chi connectivity index (χ2v) is 1.07. The summed E-state index contributed by atoms with van der Waals surface area (Å²) >= 11 is 0. The number of carboxylic acid groups (broad SMARTS) is 1. The van der Waals surface area contributed by atoms with Gasteiger partial charge in [0.1, 0.15) is 6.20 Å². The minimum atomic E-state index is -0.981. The predicted octanol–water partition coefficient (Wildman–Crippen LogP) is -0.477. The highest BCUT2D eigenvalue weighted by Gasteiger charge is 1.73. The molecule has 0 radical (unpaired) electrons. The molecule has 0 unspecified atom stereocenters. The van der Waals surface area contributed by atoms with E-state index >= 15 is 0 Å². The lowest BCUT2D eigenvalue weighted by molar-refractivity contribution is -0.274. The van der Waals surface area contributed by atoms with Gasteiger partial charge in [0, 0.05) is 6.08 Å². The minimum Gasteiger partial charge on any atom is -0.478 e. The number of nitriles is 1. The summed E-state index contributed by atoms with van der Waals surface area (Å²) in [5, 5.41) is 15.3. The molecule has 0 atom stereocenters. The van der Waals surface area contributed by atoms with Crippen LogP contribution in [-0.4, -0.2) is 11.1 Å². The van der Waals surface area contributed by atoms with E-state index in [4.69, 9.17) is 10.4 Å². The number of hydrogen-bond donors (Lipinski definition) is 2. The van der Waals surface area contributed by atoms with Gasteiger partial charge in [-0.15, -0.1) is 0 Å². The lowest BCUT2D eigenvalue weighted by Gasteiger charge is -1.64. The van der Waals surface area contributed by atoms with Gasteiger partial charge >= 0.3 is 5.97 Å². The van der Waals surface area contributed by atoms with Crippen LogP contribution in [0.3, 0.4) is 0 Å². The van der Waals surface area contributed by atoms with Crippen LogP contribution in [0.25, 0.3) is 0 Å². The van der Waals surface area contributed by atoms with E-state index < -0.39 is 5.97 Å². The molecule has 0 bridgehead atoms. The molecule has 4 nitrogen and oxygen atoms in total. The third-order valence-electron chi connectivity index (χ3n) is 0.367. The zero-order valence-electron chi connectivity index (χ0n) is 5.45. The average molecular weight is 141 g/mol. The third-order valence-corrected chi connectivity index (χ3v) is 0.367. The number of rotatable bonds is 1. The summed E-state index contributed by atoms with van der Waals surface area (Å²) in [4.78, 5) is 9.25. The third kappa shape index (κ3) is 32.4. The van der Waals surface area contributed by atoms with E-state index in [1.807, 2.05) is 0 Å². The van der Waals surface area contributed by atoms with Crippen LogP contribution in [0.4, 0.5) is 0 Å². The number of carboxylic acids is 1. The number of carbonyl (C=O) groups is 1. The van der Waals surface area contributed by atoms with Crippen LogP contribution in [0.15, 0.2) is 24.9 Å². The summed E-state index contributed by atoms with van der Waals surface area (Å²) in [7, 11) is 0. The Bertz CT molecular complexity index is 167. The van der Waals surface area contributed by atoms with Crippen LogP contribution in [0.5, 0.6) is 0 Å². The van der Waals surface area contributed by atoms with E-state index in [0.717, 1.165) is 6.08 Å². The fourth-order valence-corrected chi connectivity index (χ4v) is 0.0527. The van der Waals surface area contributed by atoms with Crippen LogP contribution in [-0.2, 0) is 4.79 Å². The number of hydrogen-bond acceptors (Lipinski definition) is 2. The number of aliphatic carboxylic acids is 1. The van der Waals surface area contributed by atoms with Crippen molar-refractivity contribution in [1.82, 2.24) is 0 Å². The summed E-state index contributed by atoms with van der Waals surface area (Å²) in [5.41, 5.74) is 3.27. The molecule has 0 aliphatic heterocycles. The molecule has 4 N–H and O–H groups in total. The Morgan fingerprint density at radius 1 is 1.80 bits per heavy atom. The van der Waals surface area contributed by atoms with Crippen LogP contribution < -0.4 is 5.73 Å². The topological polar surface area (TPSA) is 88.7 Å². The highest BCUT2D eigenvalue weighted by Crippen LogP contribution is 1.54. The van der Waals surface area contributed by atoms with Crippen LogP contribution in [0, 0.1) is 11.3 Å². The van der Waals surface area contributed by atoms with E-state index in [-0.39, 0.29) is 0 Å². The molecule has 0 heterocycles.